The van der Waals surface area contributed by atoms with Crippen LogP contribution in [-0.2, 0) is 7.05 Å². The first kappa shape index (κ1) is 8.48. The van der Waals surface area contributed by atoms with Crippen LogP contribution in [0.1, 0.15) is 37.3 Å². The number of nitrogens with zero attached hydrogens (tertiary/aromatic N) is 2. The zero-order valence-corrected chi connectivity index (χ0v) is 8.61. The minimum absolute atomic E-state index is 0.737. The molecule has 2 aliphatic rings. The highest BCUT2D eigenvalue weighted by Gasteiger charge is 2.34. The molecule has 0 amide bonds. The second-order valence-electron chi connectivity index (χ2n) is 4.69. The fourth-order valence-corrected chi connectivity index (χ4v) is 3.08. The SMILES string of the molecule is Cn1nccc1C1CC2CCC(C1)N2. The third kappa shape index (κ3) is 1.27. The van der Waals surface area contributed by atoms with E-state index in [1.807, 2.05) is 10.9 Å². The number of nitrogens with one attached hydrogen (secondary N) is 1. The smallest absolute Gasteiger partial charge is 0.0492 e. The van der Waals surface area contributed by atoms with E-state index in [9.17, 15) is 0 Å². The minimum Gasteiger partial charge on any atom is -0.311 e. The van der Waals surface area contributed by atoms with Crippen LogP contribution in [0.2, 0.25) is 0 Å². The first-order valence-electron chi connectivity index (χ1n) is 5.57. The van der Waals surface area contributed by atoms with Gasteiger partial charge in [-0.25, -0.2) is 0 Å². The second-order valence-corrected chi connectivity index (χ2v) is 4.69. The first-order valence-corrected chi connectivity index (χ1v) is 5.57. The largest absolute Gasteiger partial charge is 0.311 e. The zero-order valence-electron chi connectivity index (χ0n) is 8.61. The third-order valence-electron chi connectivity index (χ3n) is 3.75. The van der Waals surface area contributed by atoms with E-state index in [4.69, 9.17) is 0 Å². The minimum atomic E-state index is 0.737. The molecule has 0 saturated carbocycles. The lowest BCUT2D eigenvalue weighted by molar-refractivity contribution is 0.352. The van der Waals surface area contributed by atoms with E-state index in [1.54, 1.807) is 0 Å². The molecule has 14 heavy (non-hydrogen) atoms. The predicted molar refractivity (Wildman–Crippen MR) is 55.1 cm³/mol. The Kier molecular flexibility index (Phi) is 1.87. The summed E-state index contributed by atoms with van der Waals surface area (Å²) in [4.78, 5) is 0. The molecule has 2 fully saturated rings. The molecule has 2 bridgehead atoms. The van der Waals surface area contributed by atoms with Crippen LogP contribution in [0.5, 0.6) is 0 Å². The fourth-order valence-electron chi connectivity index (χ4n) is 3.08. The average molecular weight is 191 g/mol. The molecule has 2 unspecified atom stereocenters. The number of fused-ring (bicyclic) bond motifs is 2. The summed E-state index contributed by atoms with van der Waals surface area (Å²) in [5.74, 6) is 0.737. The summed E-state index contributed by atoms with van der Waals surface area (Å²) in [7, 11) is 2.05. The van der Waals surface area contributed by atoms with Crippen LogP contribution in [0.4, 0.5) is 0 Å². The maximum absolute atomic E-state index is 4.26. The molecule has 3 nitrogen and oxygen atoms in total. The molecule has 1 N–H and O–H groups in total. The third-order valence-corrected chi connectivity index (χ3v) is 3.75. The van der Waals surface area contributed by atoms with Crippen LogP contribution < -0.4 is 5.32 Å². The Morgan fingerprint density at radius 3 is 2.64 bits per heavy atom. The second kappa shape index (κ2) is 3.09. The lowest BCUT2D eigenvalue weighted by atomic mass is 9.90. The lowest BCUT2D eigenvalue weighted by Gasteiger charge is -2.29. The number of rotatable bonds is 1. The fraction of sp³-hybridized carbons (Fsp3) is 0.727. The van der Waals surface area contributed by atoms with Crippen molar-refractivity contribution in [3.63, 3.8) is 0 Å². The number of hydrogen-bond donors (Lipinski definition) is 1. The van der Waals surface area contributed by atoms with E-state index < -0.39 is 0 Å². The van der Waals surface area contributed by atoms with Crippen molar-refractivity contribution < 1.29 is 0 Å². The Morgan fingerprint density at radius 1 is 1.36 bits per heavy atom. The van der Waals surface area contributed by atoms with Gasteiger partial charge in [-0.3, -0.25) is 4.68 Å². The van der Waals surface area contributed by atoms with Gasteiger partial charge >= 0.3 is 0 Å². The van der Waals surface area contributed by atoms with Crippen LogP contribution in [0.3, 0.4) is 0 Å². The Labute approximate surface area is 84.5 Å². The molecular formula is C11H17N3. The lowest BCUT2D eigenvalue weighted by Crippen LogP contribution is -2.37. The van der Waals surface area contributed by atoms with Gasteiger partial charge in [0.05, 0.1) is 0 Å². The molecule has 3 heterocycles. The number of hydrogen-bond acceptors (Lipinski definition) is 2. The maximum Gasteiger partial charge on any atom is 0.0492 e. The first-order chi connectivity index (χ1) is 6.83. The average Bonchev–Trinajstić information content (AvgIpc) is 2.73. The maximum atomic E-state index is 4.26. The summed E-state index contributed by atoms with van der Waals surface area (Å²) in [6, 6.07) is 3.72. The number of aromatic nitrogens is 2. The standard InChI is InChI=1S/C11H17N3/c1-14-11(4-5-12-14)8-6-9-2-3-10(7-8)13-9/h4-5,8-10,13H,2-3,6-7H2,1H3. The molecule has 2 saturated heterocycles. The van der Waals surface area contributed by atoms with E-state index in [0.29, 0.717) is 0 Å². The Morgan fingerprint density at radius 2 is 2.07 bits per heavy atom. The highest BCUT2D eigenvalue weighted by molar-refractivity contribution is 5.12. The Hall–Kier alpha value is -0.830. The van der Waals surface area contributed by atoms with Gasteiger partial charge in [0.2, 0.25) is 0 Å². The molecule has 0 aliphatic carbocycles. The van der Waals surface area contributed by atoms with Crippen molar-refractivity contribution in [3.8, 4) is 0 Å². The van der Waals surface area contributed by atoms with Crippen LogP contribution in [0.15, 0.2) is 12.3 Å². The van der Waals surface area contributed by atoms with Gasteiger partial charge in [0.15, 0.2) is 0 Å². The van der Waals surface area contributed by atoms with Crippen molar-refractivity contribution >= 4 is 0 Å². The molecular weight excluding hydrogens is 174 g/mol. The quantitative estimate of drug-likeness (QED) is 0.727. The monoisotopic (exact) mass is 191 g/mol. The molecule has 2 atom stereocenters. The van der Waals surface area contributed by atoms with Gasteiger partial charge in [0, 0.05) is 36.9 Å². The van der Waals surface area contributed by atoms with Crippen LogP contribution in [-0.4, -0.2) is 21.9 Å². The van der Waals surface area contributed by atoms with Crippen molar-refractivity contribution in [2.75, 3.05) is 0 Å². The van der Waals surface area contributed by atoms with Gasteiger partial charge in [-0.1, -0.05) is 0 Å². The molecule has 0 radical (unpaired) electrons. The van der Waals surface area contributed by atoms with E-state index in [-0.39, 0.29) is 0 Å². The normalized spacial score (nSPS) is 36.2. The summed E-state index contributed by atoms with van der Waals surface area (Å²) in [6.07, 6.45) is 7.27. The predicted octanol–water partition coefficient (Wildman–Crippen LogP) is 1.42. The van der Waals surface area contributed by atoms with E-state index >= 15 is 0 Å². The molecule has 0 spiro atoms. The molecule has 1 aromatic rings. The van der Waals surface area contributed by atoms with Gasteiger partial charge < -0.3 is 5.32 Å². The van der Waals surface area contributed by atoms with Crippen LogP contribution in [0, 0.1) is 0 Å². The van der Waals surface area contributed by atoms with Crippen molar-refractivity contribution in [1.82, 2.24) is 15.1 Å². The van der Waals surface area contributed by atoms with Crippen LogP contribution >= 0.6 is 0 Å². The highest BCUT2D eigenvalue weighted by atomic mass is 15.3. The molecule has 1 aromatic heterocycles. The van der Waals surface area contributed by atoms with E-state index in [0.717, 1.165) is 18.0 Å². The van der Waals surface area contributed by atoms with Gasteiger partial charge in [0.1, 0.15) is 0 Å². The molecule has 76 valence electrons. The molecule has 3 rings (SSSR count). The Balaban J connectivity index is 1.84. The van der Waals surface area contributed by atoms with Crippen molar-refractivity contribution in [2.24, 2.45) is 7.05 Å². The molecule has 2 aliphatic heterocycles. The summed E-state index contributed by atoms with van der Waals surface area (Å²) < 4.78 is 2.04. The highest BCUT2D eigenvalue weighted by Crippen LogP contribution is 2.36. The van der Waals surface area contributed by atoms with E-state index in [1.165, 1.54) is 31.4 Å². The molecule has 0 aromatic carbocycles. The summed E-state index contributed by atoms with van der Waals surface area (Å²) in [5.41, 5.74) is 1.42. The Bertz CT molecular complexity index is 319. The summed E-state index contributed by atoms with van der Waals surface area (Å²) in [5, 5.41) is 7.93. The van der Waals surface area contributed by atoms with Crippen molar-refractivity contribution in [2.45, 2.75) is 43.7 Å². The number of piperidine rings is 1. The summed E-state index contributed by atoms with van der Waals surface area (Å²) in [6.45, 7) is 0. The topological polar surface area (TPSA) is 29.9 Å². The van der Waals surface area contributed by atoms with Crippen LogP contribution in [0.25, 0.3) is 0 Å². The van der Waals surface area contributed by atoms with Gasteiger partial charge in [-0.2, -0.15) is 5.10 Å². The summed E-state index contributed by atoms with van der Waals surface area (Å²) >= 11 is 0. The van der Waals surface area contributed by atoms with Gasteiger partial charge in [-0.05, 0) is 31.7 Å². The number of aryl methyl sites for hydroxylation is 1. The van der Waals surface area contributed by atoms with Crippen molar-refractivity contribution in [1.29, 1.82) is 0 Å². The van der Waals surface area contributed by atoms with E-state index in [2.05, 4.69) is 23.5 Å². The zero-order chi connectivity index (χ0) is 9.54. The molecule has 3 heteroatoms. The van der Waals surface area contributed by atoms with Gasteiger partial charge in [0.25, 0.3) is 0 Å². The van der Waals surface area contributed by atoms with Crippen molar-refractivity contribution in [3.05, 3.63) is 18.0 Å². The van der Waals surface area contributed by atoms with Gasteiger partial charge in [-0.15, -0.1) is 0 Å².